The maximum atomic E-state index is 12.1. The molecule has 0 heterocycles. The minimum Gasteiger partial charge on any atom is -0.207 e. The minimum atomic E-state index is -3.77. The summed E-state index contributed by atoms with van der Waals surface area (Å²) in [6.07, 6.45) is 0. The summed E-state index contributed by atoms with van der Waals surface area (Å²) in [5.74, 6) is 0. The van der Waals surface area contributed by atoms with Gasteiger partial charge in [-0.25, -0.2) is 8.42 Å². The van der Waals surface area contributed by atoms with Crippen molar-refractivity contribution >= 4 is 10.0 Å². The predicted octanol–water partition coefficient (Wildman–Crippen LogP) is 1.45. The Balaban J connectivity index is 3.24. The van der Waals surface area contributed by atoms with E-state index in [1.807, 2.05) is 12.1 Å². The Labute approximate surface area is 107 Å². The second kappa shape index (κ2) is 4.77. The van der Waals surface area contributed by atoms with Gasteiger partial charge in [-0.2, -0.15) is 15.2 Å². The zero-order valence-electron chi connectivity index (χ0n) is 10.4. The minimum absolute atomic E-state index is 0.0739. The molecule has 0 aliphatic rings. The average molecular weight is 263 g/mol. The van der Waals surface area contributed by atoms with E-state index in [0.29, 0.717) is 11.1 Å². The van der Waals surface area contributed by atoms with Crippen LogP contribution in [-0.4, -0.2) is 14.0 Å². The lowest BCUT2D eigenvalue weighted by molar-refractivity contribution is 0.535. The lowest BCUT2D eigenvalue weighted by Gasteiger charge is -2.18. The highest BCUT2D eigenvalue weighted by atomic mass is 32.2. The molecule has 0 unspecified atom stereocenters. The van der Waals surface area contributed by atoms with E-state index in [1.54, 1.807) is 6.92 Å². The van der Waals surface area contributed by atoms with Gasteiger partial charge in [0, 0.05) is 0 Å². The number of nitrogens with one attached hydrogen (secondary N) is 1. The fourth-order valence-electron chi connectivity index (χ4n) is 1.43. The lowest BCUT2D eigenvalue weighted by atomic mass is 10.1. The Morgan fingerprint density at radius 1 is 1.28 bits per heavy atom. The summed E-state index contributed by atoms with van der Waals surface area (Å²) in [7, 11) is -3.77. The highest BCUT2D eigenvalue weighted by Crippen LogP contribution is 2.18. The van der Waals surface area contributed by atoms with Gasteiger partial charge < -0.3 is 0 Å². The SMILES string of the molecule is Cc1cc(C#N)ccc1S(=O)(=O)NC(C)(C)C#N. The molecule has 0 saturated heterocycles. The molecule has 5 nitrogen and oxygen atoms in total. The van der Waals surface area contributed by atoms with E-state index >= 15 is 0 Å². The predicted molar refractivity (Wildman–Crippen MR) is 65.9 cm³/mol. The molecule has 94 valence electrons. The lowest BCUT2D eigenvalue weighted by Crippen LogP contribution is -2.42. The molecule has 1 rings (SSSR count). The largest absolute Gasteiger partial charge is 0.242 e. The van der Waals surface area contributed by atoms with Gasteiger partial charge in [-0.15, -0.1) is 0 Å². The fourth-order valence-corrected chi connectivity index (χ4v) is 2.99. The van der Waals surface area contributed by atoms with Crippen LogP contribution >= 0.6 is 0 Å². The Hall–Kier alpha value is -1.89. The van der Waals surface area contributed by atoms with Gasteiger partial charge in [-0.05, 0) is 44.5 Å². The maximum absolute atomic E-state index is 12.1. The van der Waals surface area contributed by atoms with Crippen molar-refractivity contribution < 1.29 is 8.42 Å². The average Bonchev–Trinajstić information content (AvgIpc) is 2.27. The summed E-state index contributed by atoms with van der Waals surface area (Å²) in [5.41, 5.74) is -0.319. The van der Waals surface area contributed by atoms with Crippen molar-refractivity contribution in [2.24, 2.45) is 0 Å². The second-order valence-electron chi connectivity index (χ2n) is 4.43. The van der Waals surface area contributed by atoms with Gasteiger partial charge in [-0.3, -0.25) is 0 Å². The normalized spacial score (nSPS) is 11.6. The van der Waals surface area contributed by atoms with Crippen molar-refractivity contribution in [2.75, 3.05) is 0 Å². The zero-order chi connectivity index (χ0) is 14.0. The third-order valence-corrected chi connectivity index (χ3v) is 4.08. The molecule has 1 aromatic rings. The van der Waals surface area contributed by atoms with Crippen molar-refractivity contribution in [1.82, 2.24) is 4.72 Å². The summed E-state index contributed by atoms with van der Waals surface area (Å²) < 4.78 is 26.5. The fraction of sp³-hybridized carbons (Fsp3) is 0.333. The Morgan fingerprint density at radius 2 is 1.89 bits per heavy atom. The molecule has 0 bridgehead atoms. The first-order chi connectivity index (χ1) is 8.22. The van der Waals surface area contributed by atoms with E-state index in [-0.39, 0.29) is 4.90 Å². The molecular weight excluding hydrogens is 250 g/mol. The molecule has 0 saturated carbocycles. The number of nitrogens with zero attached hydrogens (tertiary/aromatic N) is 2. The number of hydrogen-bond acceptors (Lipinski definition) is 4. The van der Waals surface area contributed by atoms with Crippen molar-refractivity contribution in [3.63, 3.8) is 0 Å². The topological polar surface area (TPSA) is 93.8 Å². The number of benzene rings is 1. The summed E-state index contributed by atoms with van der Waals surface area (Å²) in [6.45, 7) is 4.56. The molecule has 6 heteroatoms. The molecule has 1 N–H and O–H groups in total. The first-order valence-corrected chi connectivity index (χ1v) is 6.66. The molecular formula is C12H13N3O2S. The number of rotatable bonds is 3. The van der Waals surface area contributed by atoms with Crippen LogP contribution in [0.5, 0.6) is 0 Å². The number of aryl methyl sites for hydroxylation is 1. The van der Waals surface area contributed by atoms with Gasteiger partial charge in [-0.1, -0.05) is 0 Å². The van der Waals surface area contributed by atoms with Gasteiger partial charge in [0.25, 0.3) is 0 Å². The van der Waals surface area contributed by atoms with Crippen LogP contribution in [0.25, 0.3) is 0 Å². The van der Waals surface area contributed by atoms with E-state index < -0.39 is 15.6 Å². The Kier molecular flexibility index (Phi) is 3.76. The van der Waals surface area contributed by atoms with E-state index in [9.17, 15) is 8.42 Å². The van der Waals surface area contributed by atoms with Crippen LogP contribution in [0.3, 0.4) is 0 Å². The van der Waals surface area contributed by atoms with Crippen LogP contribution < -0.4 is 4.72 Å². The molecule has 0 amide bonds. The molecule has 0 atom stereocenters. The molecule has 0 radical (unpaired) electrons. The molecule has 1 aromatic carbocycles. The van der Waals surface area contributed by atoms with Gasteiger partial charge in [0.2, 0.25) is 10.0 Å². The Bertz CT molecular complexity index is 649. The summed E-state index contributed by atoms with van der Waals surface area (Å²) in [6, 6.07) is 8.10. The summed E-state index contributed by atoms with van der Waals surface area (Å²) in [5, 5.41) is 17.6. The summed E-state index contributed by atoms with van der Waals surface area (Å²) >= 11 is 0. The summed E-state index contributed by atoms with van der Waals surface area (Å²) in [4.78, 5) is 0.0739. The quantitative estimate of drug-likeness (QED) is 0.893. The molecule has 0 aromatic heterocycles. The van der Waals surface area contributed by atoms with Crippen LogP contribution in [0.2, 0.25) is 0 Å². The highest BCUT2D eigenvalue weighted by molar-refractivity contribution is 7.89. The number of sulfonamides is 1. The van der Waals surface area contributed by atoms with Crippen LogP contribution in [-0.2, 0) is 10.0 Å². The van der Waals surface area contributed by atoms with E-state index in [0.717, 1.165) is 0 Å². The number of nitriles is 2. The van der Waals surface area contributed by atoms with Crippen molar-refractivity contribution in [3.8, 4) is 12.1 Å². The van der Waals surface area contributed by atoms with Crippen LogP contribution in [0.15, 0.2) is 23.1 Å². The van der Waals surface area contributed by atoms with Crippen LogP contribution in [0, 0.1) is 29.6 Å². The standard InChI is InChI=1S/C12H13N3O2S/c1-9-6-10(7-13)4-5-11(9)18(16,17)15-12(2,3)8-14/h4-6,15H,1-3H3. The first kappa shape index (κ1) is 14.2. The van der Waals surface area contributed by atoms with E-state index in [4.69, 9.17) is 10.5 Å². The molecule has 0 spiro atoms. The first-order valence-electron chi connectivity index (χ1n) is 5.18. The Morgan fingerprint density at radius 3 is 2.33 bits per heavy atom. The molecule has 0 aliphatic heterocycles. The second-order valence-corrected chi connectivity index (χ2v) is 6.09. The van der Waals surface area contributed by atoms with Gasteiger partial charge in [0.05, 0.1) is 22.6 Å². The van der Waals surface area contributed by atoms with Crippen LogP contribution in [0.1, 0.15) is 25.0 Å². The van der Waals surface area contributed by atoms with Crippen LogP contribution in [0.4, 0.5) is 0 Å². The van der Waals surface area contributed by atoms with Crippen molar-refractivity contribution in [2.45, 2.75) is 31.2 Å². The maximum Gasteiger partial charge on any atom is 0.242 e. The van der Waals surface area contributed by atoms with Crippen molar-refractivity contribution in [3.05, 3.63) is 29.3 Å². The third kappa shape index (κ3) is 3.07. The van der Waals surface area contributed by atoms with E-state index in [1.165, 1.54) is 32.0 Å². The monoisotopic (exact) mass is 263 g/mol. The van der Waals surface area contributed by atoms with Gasteiger partial charge in [0.15, 0.2) is 0 Å². The van der Waals surface area contributed by atoms with E-state index in [2.05, 4.69) is 4.72 Å². The zero-order valence-corrected chi connectivity index (χ0v) is 11.2. The molecule has 18 heavy (non-hydrogen) atoms. The number of hydrogen-bond donors (Lipinski definition) is 1. The van der Waals surface area contributed by atoms with Gasteiger partial charge >= 0.3 is 0 Å². The molecule has 0 fully saturated rings. The highest BCUT2D eigenvalue weighted by Gasteiger charge is 2.26. The van der Waals surface area contributed by atoms with Gasteiger partial charge in [0.1, 0.15) is 5.54 Å². The molecule has 0 aliphatic carbocycles. The van der Waals surface area contributed by atoms with Crippen molar-refractivity contribution in [1.29, 1.82) is 10.5 Å². The smallest absolute Gasteiger partial charge is 0.207 e. The third-order valence-electron chi connectivity index (χ3n) is 2.26.